The summed E-state index contributed by atoms with van der Waals surface area (Å²) in [5.41, 5.74) is 5.59. The molecule has 2 amide bonds. The zero-order valence-electron chi connectivity index (χ0n) is 21.0. The van der Waals surface area contributed by atoms with Gasteiger partial charge in [0.15, 0.2) is 5.82 Å². The lowest BCUT2D eigenvalue weighted by Gasteiger charge is -2.38. The quantitative estimate of drug-likeness (QED) is 0.571. The van der Waals surface area contributed by atoms with E-state index in [9.17, 15) is 9.59 Å². The van der Waals surface area contributed by atoms with Crippen LogP contribution in [0.2, 0.25) is 0 Å². The van der Waals surface area contributed by atoms with E-state index in [4.69, 9.17) is 0 Å². The summed E-state index contributed by atoms with van der Waals surface area (Å²) < 4.78 is 0. The number of piperidine rings is 1. The second kappa shape index (κ2) is 10.5. The molecule has 0 atom stereocenters. The van der Waals surface area contributed by atoms with Gasteiger partial charge in [-0.15, -0.1) is 5.10 Å². The molecule has 0 bridgehead atoms. The topological polar surface area (TPSA) is 78.4 Å². The molecule has 186 valence electrons. The van der Waals surface area contributed by atoms with E-state index < -0.39 is 0 Å². The zero-order chi connectivity index (χ0) is 25.1. The largest absolute Gasteiger partial charge is 0.353 e. The lowest BCUT2D eigenvalue weighted by molar-refractivity contribution is -0.131. The first-order valence-corrected chi connectivity index (χ1v) is 12.7. The monoisotopic (exact) mass is 483 g/mol. The van der Waals surface area contributed by atoms with Crippen LogP contribution < -0.4 is 10.2 Å². The van der Waals surface area contributed by atoms with Crippen molar-refractivity contribution in [2.75, 3.05) is 36.4 Å². The molecule has 1 N–H and O–H groups in total. The number of aromatic nitrogens is 2. The molecule has 7 nitrogen and oxygen atoms in total. The van der Waals surface area contributed by atoms with Crippen molar-refractivity contribution in [3.05, 3.63) is 83.0 Å². The molecule has 0 unspecified atom stereocenters. The average Bonchev–Trinajstić information content (AvgIpc) is 2.84. The highest BCUT2D eigenvalue weighted by Gasteiger charge is 2.33. The Bertz CT molecular complexity index is 1190. The van der Waals surface area contributed by atoms with Crippen molar-refractivity contribution in [3.63, 3.8) is 0 Å². The maximum atomic E-state index is 12.8. The van der Waals surface area contributed by atoms with Crippen molar-refractivity contribution in [2.45, 2.75) is 39.0 Å². The molecule has 2 aliphatic heterocycles. The summed E-state index contributed by atoms with van der Waals surface area (Å²) in [6.45, 7) is 7.04. The molecule has 2 aromatic carbocycles. The third-order valence-electron chi connectivity index (χ3n) is 7.27. The van der Waals surface area contributed by atoms with Crippen LogP contribution in [0.25, 0.3) is 0 Å². The first-order chi connectivity index (χ1) is 17.4. The van der Waals surface area contributed by atoms with Crippen LogP contribution in [0.3, 0.4) is 0 Å². The van der Waals surface area contributed by atoms with E-state index >= 15 is 0 Å². The third-order valence-corrected chi connectivity index (χ3v) is 7.27. The summed E-state index contributed by atoms with van der Waals surface area (Å²) >= 11 is 0. The molecule has 2 fully saturated rings. The normalized spacial score (nSPS) is 16.5. The molecule has 1 aromatic heterocycles. The number of benzene rings is 2. The van der Waals surface area contributed by atoms with Crippen LogP contribution in [0.5, 0.6) is 0 Å². The lowest BCUT2D eigenvalue weighted by atomic mass is 9.89. The number of hydrogen-bond donors (Lipinski definition) is 1. The van der Waals surface area contributed by atoms with Gasteiger partial charge >= 0.3 is 0 Å². The number of aryl methyl sites for hydroxylation is 2. The lowest BCUT2D eigenvalue weighted by Crippen LogP contribution is -2.52. The van der Waals surface area contributed by atoms with E-state index in [0.717, 1.165) is 43.0 Å². The van der Waals surface area contributed by atoms with Crippen LogP contribution in [0.1, 0.15) is 41.0 Å². The maximum Gasteiger partial charge on any atom is 0.231 e. The Morgan fingerprint density at radius 2 is 1.67 bits per heavy atom. The Balaban J connectivity index is 1.08. The SMILES string of the molecule is Cc1cc(C)cc(CC(=O)N2CCC(c3ccc(NC(=O)C4CN(c5cccnn5)C4)cc3)CC2)c1. The van der Waals surface area contributed by atoms with Gasteiger partial charge < -0.3 is 15.1 Å². The Labute approximate surface area is 212 Å². The van der Waals surface area contributed by atoms with Gasteiger partial charge in [0.05, 0.1) is 12.3 Å². The zero-order valence-corrected chi connectivity index (χ0v) is 21.0. The fourth-order valence-corrected chi connectivity index (χ4v) is 5.30. The number of anilines is 2. The number of carbonyl (C=O) groups excluding carboxylic acids is 2. The number of nitrogens with zero attached hydrogens (tertiary/aromatic N) is 4. The van der Waals surface area contributed by atoms with Crippen LogP contribution in [0.15, 0.2) is 60.8 Å². The van der Waals surface area contributed by atoms with Gasteiger partial charge in [-0.25, -0.2) is 0 Å². The van der Waals surface area contributed by atoms with Crippen molar-refractivity contribution in [3.8, 4) is 0 Å². The molecular formula is C29H33N5O2. The van der Waals surface area contributed by atoms with Crippen molar-refractivity contribution in [1.29, 1.82) is 0 Å². The number of rotatable bonds is 6. The standard InChI is InChI=1S/C29H33N5O2/c1-20-14-21(2)16-22(15-20)17-28(35)33-12-9-24(10-13-33)23-5-7-26(8-6-23)31-29(36)25-18-34(19-25)27-4-3-11-30-32-27/h3-8,11,14-16,24-25H,9-10,12-13,17-19H2,1-2H3,(H,31,36). The fraction of sp³-hybridized carbons (Fsp3) is 0.379. The average molecular weight is 484 g/mol. The summed E-state index contributed by atoms with van der Waals surface area (Å²) in [4.78, 5) is 29.5. The van der Waals surface area contributed by atoms with Gasteiger partial charge in [0.2, 0.25) is 11.8 Å². The van der Waals surface area contributed by atoms with Crippen LogP contribution in [0, 0.1) is 19.8 Å². The summed E-state index contributed by atoms with van der Waals surface area (Å²) in [5.74, 6) is 1.46. The molecule has 7 heteroatoms. The predicted octanol–water partition coefficient (Wildman–Crippen LogP) is 4.12. The van der Waals surface area contributed by atoms with E-state index in [-0.39, 0.29) is 17.7 Å². The molecule has 2 aliphatic rings. The predicted molar refractivity (Wildman–Crippen MR) is 141 cm³/mol. The molecule has 36 heavy (non-hydrogen) atoms. The van der Waals surface area contributed by atoms with Crippen molar-refractivity contribution >= 4 is 23.3 Å². The highest BCUT2D eigenvalue weighted by molar-refractivity contribution is 5.94. The number of likely N-dealkylation sites (tertiary alicyclic amines) is 1. The van der Waals surface area contributed by atoms with E-state index in [0.29, 0.717) is 25.4 Å². The second-order valence-corrected chi connectivity index (χ2v) is 10.1. The van der Waals surface area contributed by atoms with Crippen LogP contribution in [0.4, 0.5) is 11.5 Å². The second-order valence-electron chi connectivity index (χ2n) is 10.1. The highest BCUT2D eigenvalue weighted by atomic mass is 16.2. The first kappa shape index (κ1) is 24.0. The molecule has 5 rings (SSSR count). The Morgan fingerprint density at radius 3 is 2.31 bits per heavy atom. The van der Waals surface area contributed by atoms with Gasteiger partial charge in [0.1, 0.15) is 0 Å². The molecule has 0 aliphatic carbocycles. The molecule has 0 saturated carbocycles. The Morgan fingerprint density at radius 1 is 0.972 bits per heavy atom. The van der Waals surface area contributed by atoms with Crippen molar-refractivity contribution < 1.29 is 9.59 Å². The summed E-state index contributed by atoms with van der Waals surface area (Å²) in [7, 11) is 0. The van der Waals surface area contributed by atoms with Gasteiger partial charge in [-0.1, -0.05) is 41.5 Å². The van der Waals surface area contributed by atoms with Gasteiger partial charge in [-0.2, -0.15) is 5.10 Å². The molecule has 3 heterocycles. The van der Waals surface area contributed by atoms with Gasteiger partial charge in [0.25, 0.3) is 0 Å². The highest BCUT2D eigenvalue weighted by Crippen LogP contribution is 2.30. The Kier molecular flexibility index (Phi) is 6.98. The third kappa shape index (κ3) is 5.56. The Hall–Kier alpha value is -3.74. The minimum absolute atomic E-state index is 0.0403. The molecule has 0 spiro atoms. The van der Waals surface area contributed by atoms with Crippen LogP contribution in [-0.2, 0) is 16.0 Å². The van der Waals surface area contributed by atoms with Gasteiger partial charge in [-0.05, 0) is 68.0 Å². The van der Waals surface area contributed by atoms with Crippen LogP contribution >= 0.6 is 0 Å². The summed E-state index contributed by atoms with van der Waals surface area (Å²) in [5, 5.41) is 11.0. The van der Waals surface area contributed by atoms with Gasteiger partial charge in [-0.3, -0.25) is 9.59 Å². The van der Waals surface area contributed by atoms with Crippen molar-refractivity contribution in [1.82, 2.24) is 15.1 Å². The van der Waals surface area contributed by atoms with E-state index in [1.807, 2.05) is 29.2 Å². The van der Waals surface area contributed by atoms with Crippen molar-refractivity contribution in [2.24, 2.45) is 5.92 Å². The number of nitrogens with one attached hydrogen (secondary N) is 1. The molecule has 0 radical (unpaired) electrons. The summed E-state index contributed by atoms with van der Waals surface area (Å²) in [6.07, 6.45) is 4.04. The van der Waals surface area contributed by atoms with Gasteiger partial charge in [0, 0.05) is 38.1 Å². The number of carbonyl (C=O) groups is 2. The van der Waals surface area contributed by atoms with E-state index in [1.165, 1.54) is 16.7 Å². The number of amides is 2. The minimum Gasteiger partial charge on any atom is -0.353 e. The molecular weight excluding hydrogens is 450 g/mol. The molecule has 2 saturated heterocycles. The minimum atomic E-state index is -0.0442. The maximum absolute atomic E-state index is 12.8. The van der Waals surface area contributed by atoms with E-state index in [2.05, 4.69) is 64.6 Å². The number of hydrogen-bond acceptors (Lipinski definition) is 5. The summed E-state index contributed by atoms with van der Waals surface area (Å²) in [6, 6.07) is 18.3. The van der Waals surface area contributed by atoms with Crippen LogP contribution in [-0.4, -0.2) is 53.1 Å². The fourth-order valence-electron chi connectivity index (χ4n) is 5.30. The molecule has 3 aromatic rings. The van der Waals surface area contributed by atoms with E-state index in [1.54, 1.807) is 6.20 Å². The smallest absolute Gasteiger partial charge is 0.231 e. The first-order valence-electron chi connectivity index (χ1n) is 12.7.